The van der Waals surface area contributed by atoms with Gasteiger partial charge in [-0.15, -0.1) is 0 Å². The molecule has 3 N–H and O–H groups in total. The Hall–Kier alpha value is -1.81. The van der Waals surface area contributed by atoms with E-state index in [1.807, 2.05) is 6.20 Å². The molecular formula is C13H16N4. The van der Waals surface area contributed by atoms with E-state index in [2.05, 4.69) is 46.1 Å². The maximum absolute atomic E-state index is 5.97. The van der Waals surface area contributed by atoms with Crippen molar-refractivity contribution in [2.24, 2.45) is 5.73 Å². The van der Waals surface area contributed by atoms with E-state index >= 15 is 0 Å². The van der Waals surface area contributed by atoms with Gasteiger partial charge in [0.25, 0.3) is 0 Å². The molecular weight excluding hydrogens is 212 g/mol. The Bertz CT molecular complexity index is 544. The van der Waals surface area contributed by atoms with Gasteiger partial charge < -0.3 is 15.6 Å². The Kier molecular flexibility index (Phi) is 2.37. The lowest BCUT2D eigenvalue weighted by molar-refractivity contribution is 0.546. The Morgan fingerprint density at radius 3 is 3.18 bits per heavy atom. The summed E-state index contributed by atoms with van der Waals surface area (Å²) in [6.07, 6.45) is 1.91. The third kappa shape index (κ3) is 1.80. The molecule has 2 aromatic rings. The zero-order valence-corrected chi connectivity index (χ0v) is 9.85. The summed E-state index contributed by atoms with van der Waals surface area (Å²) in [7, 11) is 0. The lowest BCUT2D eigenvalue weighted by atomic mass is 10.1. The number of fused-ring (bicyclic) bond motifs is 1. The highest BCUT2D eigenvalue weighted by molar-refractivity contribution is 5.62. The number of nitrogens with one attached hydrogen (secondary N) is 1. The van der Waals surface area contributed by atoms with Crippen LogP contribution < -0.4 is 11.1 Å². The number of benzene rings is 1. The summed E-state index contributed by atoms with van der Waals surface area (Å²) in [5.41, 5.74) is 9.56. The van der Waals surface area contributed by atoms with Crippen molar-refractivity contribution in [3.63, 3.8) is 0 Å². The van der Waals surface area contributed by atoms with Gasteiger partial charge in [-0.25, -0.2) is 4.98 Å². The molecule has 0 aliphatic carbocycles. The second-order valence-corrected chi connectivity index (χ2v) is 4.59. The monoisotopic (exact) mass is 228 g/mol. The molecule has 2 heterocycles. The number of nitrogens with zero attached hydrogens (tertiary/aromatic N) is 2. The highest BCUT2D eigenvalue weighted by Gasteiger charge is 2.19. The fourth-order valence-electron chi connectivity index (χ4n) is 2.26. The van der Waals surface area contributed by atoms with E-state index in [0.29, 0.717) is 0 Å². The third-order valence-corrected chi connectivity index (χ3v) is 3.11. The summed E-state index contributed by atoms with van der Waals surface area (Å²) in [5.74, 6) is 0.920. The van der Waals surface area contributed by atoms with Crippen LogP contribution in [0.2, 0.25) is 0 Å². The standard InChI is InChI=1S/C13H16N4/c1-9-3-2-4-10(5-9)12-7-16-13-15-6-11(14)8-17(12)13/h2-5,7,11H,6,8,14H2,1H3,(H,15,16). The van der Waals surface area contributed by atoms with Crippen molar-refractivity contribution in [1.82, 2.24) is 9.55 Å². The first-order chi connectivity index (χ1) is 8.24. The Morgan fingerprint density at radius 1 is 1.47 bits per heavy atom. The van der Waals surface area contributed by atoms with Gasteiger partial charge in [-0.2, -0.15) is 0 Å². The molecule has 0 fully saturated rings. The minimum atomic E-state index is 0.153. The number of imidazole rings is 1. The molecule has 1 unspecified atom stereocenters. The van der Waals surface area contributed by atoms with Gasteiger partial charge in [0.1, 0.15) is 0 Å². The fourth-order valence-corrected chi connectivity index (χ4v) is 2.26. The Morgan fingerprint density at radius 2 is 2.35 bits per heavy atom. The van der Waals surface area contributed by atoms with Crippen LogP contribution in [-0.2, 0) is 6.54 Å². The highest BCUT2D eigenvalue weighted by Crippen LogP contribution is 2.25. The number of aryl methyl sites for hydroxylation is 1. The van der Waals surface area contributed by atoms with E-state index in [0.717, 1.165) is 24.7 Å². The predicted octanol–water partition coefficient (Wildman–Crippen LogP) is 1.61. The van der Waals surface area contributed by atoms with E-state index < -0.39 is 0 Å². The van der Waals surface area contributed by atoms with E-state index in [9.17, 15) is 0 Å². The molecule has 1 aromatic carbocycles. The number of nitrogens with two attached hydrogens (primary N) is 1. The van der Waals surface area contributed by atoms with Gasteiger partial charge >= 0.3 is 0 Å². The largest absolute Gasteiger partial charge is 0.354 e. The second kappa shape index (κ2) is 3.89. The van der Waals surface area contributed by atoms with Crippen LogP contribution in [0.4, 0.5) is 5.95 Å². The smallest absolute Gasteiger partial charge is 0.203 e. The minimum Gasteiger partial charge on any atom is -0.354 e. The van der Waals surface area contributed by atoms with Crippen LogP contribution in [0.15, 0.2) is 30.5 Å². The number of hydrogen-bond donors (Lipinski definition) is 2. The number of anilines is 1. The maximum Gasteiger partial charge on any atom is 0.203 e. The summed E-state index contributed by atoms with van der Waals surface area (Å²) in [4.78, 5) is 4.39. The lowest BCUT2D eigenvalue weighted by Crippen LogP contribution is -2.38. The van der Waals surface area contributed by atoms with Gasteiger partial charge in [0, 0.05) is 24.7 Å². The number of hydrogen-bond acceptors (Lipinski definition) is 3. The van der Waals surface area contributed by atoms with Crippen molar-refractivity contribution in [3.8, 4) is 11.3 Å². The van der Waals surface area contributed by atoms with Crippen molar-refractivity contribution in [3.05, 3.63) is 36.0 Å². The molecule has 0 saturated carbocycles. The average molecular weight is 228 g/mol. The first kappa shape index (κ1) is 10.4. The third-order valence-electron chi connectivity index (χ3n) is 3.11. The van der Waals surface area contributed by atoms with E-state index in [1.54, 1.807) is 0 Å². The van der Waals surface area contributed by atoms with E-state index in [4.69, 9.17) is 5.73 Å². The molecule has 0 amide bonds. The predicted molar refractivity (Wildman–Crippen MR) is 68.9 cm³/mol. The summed E-state index contributed by atoms with van der Waals surface area (Å²) < 4.78 is 2.16. The molecule has 88 valence electrons. The normalized spacial score (nSPS) is 18.6. The molecule has 1 aliphatic heterocycles. The molecule has 0 saturated heterocycles. The number of rotatable bonds is 1. The Balaban J connectivity index is 2.07. The van der Waals surface area contributed by atoms with Crippen LogP contribution in [0.3, 0.4) is 0 Å². The maximum atomic E-state index is 5.97. The van der Waals surface area contributed by atoms with Crippen LogP contribution in [0, 0.1) is 6.92 Å². The van der Waals surface area contributed by atoms with Gasteiger partial charge in [0.15, 0.2) is 0 Å². The summed E-state index contributed by atoms with van der Waals surface area (Å²) in [5, 5.41) is 3.24. The molecule has 1 aromatic heterocycles. The van der Waals surface area contributed by atoms with Crippen molar-refractivity contribution in [2.45, 2.75) is 19.5 Å². The van der Waals surface area contributed by atoms with Crippen molar-refractivity contribution >= 4 is 5.95 Å². The zero-order chi connectivity index (χ0) is 11.8. The average Bonchev–Trinajstić information content (AvgIpc) is 2.71. The van der Waals surface area contributed by atoms with Crippen molar-refractivity contribution in [1.29, 1.82) is 0 Å². The van der Waals surface area contributed by atoms with Gasteiger partial charge in [-0.05, 0) is 13.0 Å². The van der Waals surface area contributed by atoms with Gasteiger partial charge in [-0.1, -0.05) is 23.8 Å². The second-order valence-electron chi connectivity index (χ2n) is 4.59. The van der Waals surface area contributed by atoms with Gasteiger partial charge in [0.05, 0.1) is 11.9 Å². The lowest BCUT2D eigenvalue weighted by Gasteiger charge is -2.23. The highest BCUT2D eigenvalue weighted by atomic mass is 15.2. The van der Waals surface area contributed by atoms with Crippen molar-refractivity contribution < 1.29 is 0 Å². The molecule has 0 spiro atoms. The van der Waals surface area contributed by atoms with Gasteiger partial charge in [0.2, 0.25) is 5.95 Å². The Labute approximate surface area is 100 Å². The molecule has 1 atom stereocenters. The molecule has 17 heavy (non-hydrogen) atoms. The van der Waals surface area contributed by atoms with E-state index in [-0.39, 0.29) is 6.04 Å². The molecule has 0 radical (unpaired) electrons. The molecule has 0 bridgehead atoms. The summed E-state index contributed by atoms with van der Waals surface area (Å²) in [6, 6.07) is 8.60. The van der Waals surface area contributed by atoms with Crippen LogP contribution in [0.25, 0.3) is 11.3 Å². The molecule has 4 heteroatoms. The topological polar surface area (TPSA) is 55.9 Å². The number of aromatic nitrogens is 2. The fraction of sp³-hybridized carbons (Fsp3) is 0.308. The van der Waals surface area contributed by atoms with Crippen LogP contribution in [0.5, 0.6) is 0 Å². The van der Waals surface area contributed by atoms with E-state index in [1.165, 1.54) is 11.1 Å². The molecule has 4 nitrogen and oxygen atoms in total. The first-order valence-corrected chi connectivity index (χ1v) is 5.86. The minimum absolute atomic E-state index is 0.153. The summed E-state index contributed by atoms with van der Waals surface area (Å²) >= 11 is 0. The molecule has 3 rings (SSSR count). The SMILES string of the molecule is Cc1cccc(-c2cnc3n2CC(N)CN3)c1. The van der Waals surface area contributed by atoms with Crippen LogP contribution in [0.1, 0.15) is 5.56 Å². The van der Waals surface area contributed by atoms with Crippen LogP contribution >= 0.6 is 0 Å². The quantitative estimate of drug-likeness (QED) is 0.779. The first-order valence-electron chi connectivity index (χ1n) is 5.86. The zero-order valence-electron chi connectivity index (χ0n) is 9.85. The van der Waals surface area contributed by atoms with Crippen LogP contribution in [-0.4, -0.2) is 22.1 Å². The molecule has 1 aliphatic rings. The van der Waals surface area contributed by atoms with Crippen molar-refractivity contribution in [2.75, 3.05) is 11.9 Å². The van der Waals surface area contributed by atoms with Gasteiger partial charge in [-0.3, -0.25) is 0 Å². The summed E-state index contributed by atoms with van der Waals surface area (Å²) in [6.45, 7) is 3.72.